The molecule has 0 amide bonds. The van der Waals surface area contributed by atoms with Crippen molar-refractivity contribution in [3.63, 3.8) is 0 Å². The van der Waals surface area contributed by atoms with Crippen molar-refractivity contribution in [3.05, 3.63) is 35.7 Å². The molecule has 0 aliphatic carbocycles. The van der Waals surface area contributed by atoms with Crippen molar-refractivity contribution in [2.45, 2.75) is 16.2 Å². The molecule has 0 saturated heterocycles. The lowest BCUT2D eigenvalue weighted by Gasteiger charge is -2.15. The van der Waals surface area contributed by atoms with E-state index in [1.165, 1.54) is 0 Å². The van der Waals surface area contributed by atoms with Crippen molar-refractivity contribution in [2.24, 2.45) is 0 Å². The van der Waals surface area contributed by atoms with Crippen LogP contribution in [0, 0.1) is 5.82 Å². The molecule has 22 heavy (non-hydrogen) atoms. The van der Waals surface area contributed by atoms with Gasteiger partial charge >= 0.3 is 0 Å². The van der Waals surface area contributed by atoms with Gasteiger partial charge < -0.3 is 5.32 Å². The Morgan fingerprint density at radius 1 is 1.27 bits per heavy atom. The smallest absolute Gasteiger partial charge is 0.240 e. The first-order valence-electron chi connectivity index (χ1n) is 6.58. The molecule has 0 radical (unpaired) electrons. The second-order valence-corrected chi connectivity index (χ2v) is 8.76. The molecule has 9 heteroatoms. The first-order valence-corrected chi connectivity index (χ1v) is 9.95. The zero-order valence-corrected chi connectivity index (χ0v) is 13.6. The van der Waals surface area contributed by atoms with Gasteiger partial charge in [-0.15, -0.1) is 0 Å². The van der Waals surface area contributed by atoms with Gasteiger partial charge in [-0.1, -0.05) is 11.6 Å². The fourth-order valence-corrected chi connectivity index (χ4v) is 3.83. The molecule has 6 nitrogen and oxygen atoms in total. The Bertz CT molecular complexity index is 801. The van der Waals surface area contributed by atoms with Crippen LogP contribution < -0.4 is 10.0 Å². The maximum Gasteiger partial charge on any atom is 0.240 e. The van der Waals surface area contributed by atoms with Gasteiger partial charge in [-0.05, 0) is 31.2 Å². The van der Waals surface area contributed by atoms with Crippen LogP contribution in [0.4, 0.5) is 4.39 Å². The normalized spacial score (nSPS) is 16.4. The topological polar surface area (TPSA) is 92.3 Å². The molecule has 122 valence electrons. The number of nitrogens with one attached hydrogen (secondary N) is 2. The third-order valence-corrected chi connectivity index (χ3v) is 5.79. The number of hydrogen-bond donors (Lipinski definition) is 2. The average Bonchev–Trinajstić information content (AvgIpc) is 2.45. The van der Waals surface area contributed by atoms with E-state index in [2.05, 4.69) is 10.0 Å². The lowest BCUT2D eigenvalue weighted by Crippen LogP contribution is -2.29. The highest BCUT2D eigenvalue weighted by molar-refractivity contribution is 7.90. The van der Waals surface area contributed by atoms with Crippen LogP contribution >= 0.6 is 0 Å². The van der Waals surface area contributed by atoms with Crippen molar-refractivity contribution in [2.75, 3.05) is 25.9 Å². The molecule has 0 fully saturated rings. The molecule has 1 aromatic rings. The summed E-state index contributed by atoms with van der Waals surface area (Å²) in [4.78, 5) is -0.820. The highest BCUT2D eigenvalue weighted by Gasteiger charge is 2.20. The third kappa shape index (κ3) is 4.13. The van der Waals surface area contributed by atoms with Crippen molar-refractivity contribution in [1.82, 2.24) is 10.0 Å². The van der Waals surface area contributed by atoms with E-state index >= 15 is 0 Å². The Morgan fingerprint density at radius 2 is 2.00 bits per heavy atom. The van der Waals surface area contributed by atoms with Crippen LogP contribution in [0.2, 0.25) is 0 Å². The van der Waals surface area contributed by atoms with E-state index in [4.69, 9.17) is 0 Å². The van der Waals surface area contributed by atoms with E-state index in [1.807, 2.05) is 6.08 Å². The number of rotatable bonds is 5. The maximum absolute atomic E-state index is 13.8. The first kappa shape index (κ1) is 17.1. The molecular formula is C13H17FN2O4S2. The fraction of sp³-hybridized carbons (Fsp3) is 0.385. The molecular weight excluding hydrogens is 331 g/mol. The zero-order chi connectivity index (χ0) is 16.4. The lowest BCUT2D eigenvalue weighted by molar-refractivity contribution is 0.561. The molecule has 2 N–H and O–H groups in total. The average molecular weight is 348 g/mol. The highest BCUT2D eigenvalue weighted by Crippen LogP contribution is 2.19. The summed E-state index contributed by atoms with van der Waals surface area (Å²) >= 11 is 0. The van der Waals surface area contributed by atoms with Crippen LogP contribution in [-0.4, -0.2) is 42.7 Å². The zero-order valence-electron chi connectivity index (χ0n) is 12.0. The minimum absolute atomic E-state index is 0.152. The summed E-state index contributed by atoms with van der Waals surface area (Å²) < 4.78 is 63.1. The van der Waals surface area contributed by atoms with Crippen LogP contribution in [0.5, 0.6) is 0 Å². The van der Waals surface area contributed by atoms with Gasteiger partial charge in [0, 0.05) is 19.3 Å². The molecule has 0 bridgehead atoms. The van der Waals surface area contributed by atoms with Gasteiger partial charge in [0.15, 0.2) is 9.84 Å². The van der Waals surface area contributed by atoms with Crippen LogP contribution in [0.1, 0.15) is 6.42 Å². The summed E-state index contributed by atoms with van der Waals surface area (Å²) in [6, 6.07) is 2.76. The Balaban J connectivity index is 2.19. The Morgan fingerprint density at radius 3 is 2.55 bits per heavy atom. The lowest BCUT2D eigenvalue weighted by atomic mass is 10.1. The standard InChI is InChI=1S/C13H17FN2O4S2/c1-21(17,18)13-3-2-11(8-12(13)14)22(19,20)16-9-10-4-6-15-7-5-10/h2-4,8,15-16H,5-7,9H2,1H3. The number of sulfone groups is 1. The number of hydrogen-bond acceptors (Lipinski definition) is 5. The van der Waals surface area contributed by atoms with Gasteiger partial charge in [0.25, 0.3) is 0 Å². The van der Waals surface area contributed by atoms with Crippen LogP contribution in [0.25, 0.3) is 0 Å². The largest absolute Gasteiger partial charge is 0.313 e. The maximum atomic E-state index is 13.8. The van der Waals surface area contributed by atoms with Gasteiger partial charge in [-0.2, -0.15) is 0 Å². The van der Waals surface area contributed by atoms with Gasteiger partial charge in [-0.25, -0.2) is 25.9 Å². The van der Waals surface area contributed by atoms with Crippen molar-refractivity contribution < 1.29 is 21.2 Å². The molecule has 0 spiro atoms. The predicted molar refractivity (Wildman–Crippen MR) is 80.3 cm³/mol. The Kier molecular flexibility index (Phi) is 5.00. The Labute approximate surface area is 129 Å². The van der Waals surface area contributed by atoms with E-state index in [0.717, 1.165) is 43.0 Å². The molecule has 0 aromatic heterocycles. The number of halogens is 1. The summed E-state index contributed by atoms with van der Waals surface area (Å²) in [7, 11) is -7.62. The molecule has 2 rings (SSSR count). The van der Waals surface area contributed by atoms with Crippen LogP contribution in [0.15, 0.2) is 39.6 Å². The van der Waals surface area contributed by atoms with Crippen molar-refractivity contribution in [1.29, 1.82) is 0 Å². The predicted octanol–water partition coefficient (Wildman–Crippen LogP) is 0.427. The van der Waals surface area contributed by atoms with E-state index in [0.29, 0.717) is 6.54 Å². The summed E-state index contributed by atoms with van der Waals surface area (Å²) in [5.74, 6) is -1.08. The van der Waals surface area contributed by atoms with Gasteiger partial charge in [0.05, 0.1) is 4.90 Å². The minimum Gasteiger partial charge on any atom is -0.313 e. The van der Waals surface area contributed by atoms with Crippen LogP contribution in [-0.2, 0) is 19.9 Å². The van der Waals surface area contributed by atoms with E-state index in [-0.39, 0.29) is 11.4 Å². The summed E-state index contributed by atoms with van der Waals surface area (Å²) in [5.41, 5.74) is 0.954. The highest BCUT2D eigenvalue weighted by atomic mass is 32.2. The molecule has 0 unspecified atom stereocenters. The van der Waals surface area contributed by atoms with Crippen molar-refractivity contribution in [3.8, 4) is 0 Å². The third-order valence-electron chi connectivity index (χ3n) is 3.26. The summed E-state index contributed by atoms with van der Waals surface area (Å²) in [5, 5.41) is 3.11. The molecule has 0 atom stereocenters. The van der Waals surface area contributed by atoms with Gasteiger partial charge in [-0.3, -0.25) is 0 Å². The SMILES string of the molecule is CS(=O)(=O)c1ccc(S(=O)(=O)NCC2=CCNCC2)cc1F. The van der Waals surface area contributed by atoms with E-state index < -0.39 is 30.6 Å². The Hall–Kier alpha value is -1.29. The van der Waals surface area contributed by atoms with Crippen molar-refractivity contribution >= 4 is 19.9 Å². The van der Waals surface area contributed by atoms with E-state index in [1.54, 1.807) is 0 Å². The first-order chi connectivity index (χ1) is 10.2. The number of sulfonamides is 1. The second kappa shape index (κ2) is 6.45. The molecule has 1 aliphatic rings. The summed E-state index contributed by atoms with van der Waals surface area (Å²) in [6.45, 7) is 1.62. The minimum atomic E-state index is -3.89. The van der Waals surface area contributed by atoms with E-state index in [9.17, 15) is 21.2 Å². The molecule has 1 aromatic carbocycles. The monoisotopic (exact) mass is 348 g/mol. The molecule has 1 heterocycles. The fourth-order valence-electron chi connectivity index (χ4n) is 2.05. The van der Waals surface area contributed by atoms with Gasteiger partial charge in [0.1, 0.15) is 10.7 Å². The summed E-state index contributed by atoms with van der Waals surface area (Å²) in [6.07, 6.45) is 3.50. The van der Waals surface area contributed by atoms with Gasteiger partial charge in [0.2, 0.25) is 10.0 Å². The van der Waals surface area contributed by atoms with Crippen LogP contribution in [0.3, 0.4) is 0 Å². The molecule has 0 saturated carbocycles. The number of benzene rings is 1. The second-order valence-electron chi connectivity index (χ2n) is 5.01. The molecule has 1 aliphatic heterocycles. The quantitative estimate of drug-likeness (QED) is 0.753.